The number of Topliss-reactive ketones (excluding diaryl/α,β-unsaturated/α-hetero) is 1. The van der Waals surface area contributed by atoms with E-state index in [9.17, 15) is 14.4 Å². The molecule has 1 saturated heterocycles. The zero-order chi connectivity index (χ0) is 18.0. The number of thiophene rings is 1. The van der Waals surface area contributed by atoms with Crippen molar-refractivity contribution in [2.24, 2.45) is 0 Å². The van der Waals surface area contributed by atoms with Crippen LogP contribution in [0.15, 0.2) is 24.4 Å². The highest BCUT2D eigenvalue weighted by molar-refractivity contribution is 7.15. The number of carbonyl (C=O) groups is 3. The van der Waals surface area contributed by atoms with Gasteiger partial charge in [-0.3, -0.25) is 19.1 Å². The van der Waals surface area contributed by atoms with Crippen molar-refractivity contribution in [3.8, 4) is 0 Å². The lowest BCUT2D eigenvalue weighted by Gasteiger charge is -2.32. The van der Waals surface area contributed by atoms with Crippen molar-refractivity contribution >= 4 is 29.0 Å². The van der Waals surface area contributed by atoms with Crippen LogP contribution in [-0.2, 0) is 11.3 Å². The number of carboxylic acids is 1. The van der Waals surface area contributed by atoms with Crippen LogP contribution in [-0.4, -0.2) is 50.5 Å². The molecule has 2 aromatic heterocycles. The Bertz CT molecular complexity index is 810. The first-order chi connectivity index (χ1) is 12.0. The Balaban J connectivity index is 1.74. The molecule has 0 bridgehead atoms. The van der Waals surface area contributed by atoms with Crippen LogP contribution in [0, 0.1) is 0 Å². The molecule has 1 fully saturated rings. The van der Waals surface area contributed by atoms with Gasteiger partial charge in [-0.25, -0.2) is 0 Å². The van der Waals surface area contributed by atoms with Crippen LogP contribution in [0.3, 0.4) is 0 Å². The number of aromatic nitrogens is 2. The van der Waals surface area contributed by atoms with Gasteiger partial charge in [0.15, 0.2) is 5.78 Å². The molecule has 0 spiro atoms. The highest BCUT2D eigenvalue weighted by atomic mass is 32.1. The molecule has 1 amide bonds. The molecule has 0 aromatic carbocycles. The molecule has 0 radical (unpaired) electrons. The number of ketones is 1. The standard InChI is InChI=1S/C17H19N3O4S/c1-11(21)14-4-5-15(25-14)17(24)19-8-2-3-12(9-19)13-6-7-18-20(13)10-16(22)23/h4-7,12H,2-3,8-10H2,1H3,(H,22,23)/t12-/m0/s1. The lowest BCUT2D eigenvalue weighted by atomic mass is 9.94. The van der Waals surface area contributed by atoms with E-state index in [1.807, 2.05) is 6.07 Å². The van der Waals surface area contributed by atoms with E-state index in [-0.39, 0.29) is 24.2 Å². The van der Waals surface area contributed by atoms with Crippen LogP contribution in [0.25, 0.3) is 0 Å². The van der Waals surface area contributed by atoms with Gasteiger partial charge in [-0.1, -0.05) is 0 Å². The van der Waals surface area contributed by atoms with Crippen LogP contribution < -0.4 is 0 Å². The van der Waals surface area contributed by atoms with Gasteiger partial charge in [0.25, 0.3) is 5.91 Å². The second kappa shape index (κ2) is 7.18. The van der Waals surface area contributed by atoms with Gasteiger partial charge in [-0.2, -0.15) is 5.10 Å². The van der Waals surface area contributed by atoms with E-state index in [0.29, 0.717) is 22.8 Å². The number of rotatable bonds is 5. The summed E-state index contributed by atoms with van der Waals surface area (Å²) in [7, 11) is 0. The summed E-state index contributed by atoms with van der Waals surface area (Å²) in [6.07, 6.45) is 3.33. The van der Waals surface area contributed by atoms with Crippen molar-refractivity contribution in [3.05, 3.63) is 39.8 Å². The Kier molecular flexibility index (Phi) is 4.98. The summed E-state index contributed by atoms with van der Waals surface area (Å²) in [5.41, 5.74) is 0.843. The number of hydrogen-bond donors (Lipinski definition) is 1. The van der Waals surface area contributed by atoms with Crippen LogP contribution in [0.2, 0.25) is 0 Å². The van der Waals surface area contributed by atoms with Gasteiger partial charge in [-0.05, 0) is 38.0 Å². The smallest absolute Gasteiger partial charge is 0.325 e. The fraction of sp³-hybridized carbons (Fsp3) is 0.412. The minimum Gasteiger partial charge on any atom is -0.480 e. The number of piperidine rings is 1. The van der Waals surface area contributed by atoms with Crippen molar-refractivity contribution in [3.63, 3.8) is 0 Å². The molecule has 0 unspecified atom stereocenters. The lowest BCUT2D eigenvalue weighted by molar-refractivity contribution is -0.137. The van der Waals surface area contributed by atoms with Crippen molar-refractivity contribution in [1.29, 1.82) is 0 Å². The molecule has 0 aliphatic carbocycles. The molecule has 132 valence electrons. The second-order valence-corrected chi connectivity index (χ2v) is 7.20. The molecule has 1 aliphatic rings. The Morgan fingerprint density at radius 2 is 2.04 bits per heavy atom. The molecule has 1 atom stereocenters. The summed E-state index contributed by atoms with van der Waals surface area (Å²) in [5.74, 6) is -1.000. The Hall–Kier alpha value is -2.48. The fourth-order valence-electron chi connectivity index (χ4n) is 3.15. The minimum atomic E-state index is -0.941. The van der Waals surface area contributed by atoms with Crippen molar-refractivity contribution < 1.29 is 19.5 Å². The van der Waals surface area contributed by atoms with Gasteiger partial charge in [0.2, 0.25) is 0 Å². The van der Waals surface area contributed by atoms with E-state index in [2.05, 4.69) is 5.10 Å². The first-order valence-electron chi connectivity index (χ1n) is 8.09. The third-order valence-corrected chi connectivity index (χ3v) is 5.50. The third-order valence-electron chi connectivity index (χ3n) is 4.33. The number of nitrogens with zero attached hydrogens (tertiary/aromatic N) is 3. The van der Waals surface area contributed by atoms with Crippen LogP contribution in [0.1, 0.15) is 50.7 Å². The molecule has 2 aromatic rings. The molecule has 7 nitrogen and oxygen atoms in total. The van der Waals surface area contributed by atoms with E-state index in [1.165, 1.54) is 22.9 Å². The molecule has 8 heteroatoms. The van der Waals surface area contributed by atoms with E-state index >= 15 is 0 Å². The molecule has 1 N–H and O–H groups in total. The number of hydrogen-bond acceptors (Lipinski definition) is 5. The maximum absolute atomic E-state index is 12.7. The third kappa shape index (κ3) is 3.79. The van der Waals surface area contributed by atoms with Crippen molar-refractivity contribution in [2.45, 2.75) is 32.2 Å². The first-order valence-corrected chi connectivity index (χ1v) is 8.91. The maximum Gasteiger partial charge on any atom is 0.325 e. The largest absolute Gasteiger partial charge is 0.480 e. The van der Waals surface area contributed by atoms with Crippen molar-refractivity contribution in [1.82, 2.24) is 14.7 Å². The SMILES string of the molecule is CC(=O)c1ccc(C(=O)N2CCC[C@H](c3ccnn3CC(=O)O)C2)s1. The number of carbonyl (C=O) groups excluding carboxylic acids is 2. The summed E-state index contributed by atoms with van der Waals surface area (Å²) >= 11 is 1.22. The normalized spacial score (nSPS) is 17.5. The molecular formula is C17H19N3O4S. The van der Waals surface area contributed by atoms with Gasteiger partial charge in [0.05, 0.1) is 9.75 Å². The zero-order valence-electron chi connectivity index (χ0n) is 13.8. The summed E-state index contributed by atoms with van der Waals surface area (Å²) in [4.78, 5) is 38.0. The monoisotopic (exact) mass is 361 g/mol. The molecule has 1 aliphatic heterocycles. The number of carboxylic acid groups (broad SMARTS) is 1. The fourth-order valence-corrected chi connectivity index (χ4v) is 4.02. The summed E-state index contributed by atoms with van der Waals surface area (Å²) < 4.78 is 1.49. The Labute approximate surface area is 148 Å². The van der Waals surface area contributed by atoms with Crippen LogP contribution in [0.4, 0.5) is 0 Å². The maximum atomic E-state index is 12.7. The van der Waals surface area contributed by atoms with E-state index in [1.54, 1.807) is 23.2 Å². The highest BCUT2D eigenvalue weighted by Crippen LogP contribution is 2.29. The molecule has 25 heavy (non-hydrogen) atoms. The predicted molar refractivity (Wildman–Crippen MR) is 92.1 cm³/mol. The second-order valence-electron chi connectivity index (χ2n) is 6.12. The molecule has 3 rings (SSSR count). The Morgan fingerprint density at radius 1 is 1.28 bits per heavy atom. The zero-order valence-corrected chi connectivity index (χ0v) is 14.7. The van der Waals surface area contributed by atoms with E-state index in [0.717, 1.165) is 18.5 Å². The quantitative estimate of drug-likeness (QED) is 0.825. The average molecular weight is 361 g/mol. The van der Waals surface area contributed by atoms with Gasteiger partial charge < -0.3 is 10.0 Å². The topological polar surface area (TPSA) is 92.5 Å². The average Bonchev–Trinajstić information content (AvgIpc) is 3.23. The summed E-state index contributed by atoms with van der Waals surface area (Å²) in [6, 6.07) is 5.20. The van der Waals surface area contributed by atoms with Crippen LogP contribution in [0.5, 0.6) is 0 Å². The Morgan fingerprint density at radius 3 is 2.72 bits per heavy atom. The number of aliphatic carboxylic acids is 1. The van der Waals surface area contributed by atoms with Crippen molar-refractivity contribution in [2.75, 3.05) is 13.1 Å². The van der Waals surface area contributed by atoms with Gasteiger partial charge in [0.1, 0.15) is 6.54 Å². The van der Waals surface area contributed by atoms with E-state index in [4.69, 9.17) is 5.11 Å². The van der Waals surface area contributed by atoms with Gasteiger partial charge in [-0.15, -0.1) is 11.3 Å². The first kappa shape index (κ1) is 17.3. The molecule has 3 heterocycles. The van der Waals surface area contributed by atoms with Gasteiger partial charge in [0, 0.05) is 30.9 Å². The number of amides is 1. The summed E-state index contributed by atoms with van der Waals surface area (Å²) in [5, 5.41) is 13.1. The van der Waals surface area contributed by atoms with Gasteiger partial charge >= 0.3 is 5.97 Å². The van der Waals surface area contributed by atoms with Crippen LogP contribution >= 0.6 is 11.3 Å². The van der Waals surface area contributed by atoms with E-state index < -0.39 is 5.97 Å². The molecule has 0 saturated carbocycles. The predicted octanol–water partition coefficient (Wildman–Crippen LogP) is 2.25. The number of likely N-dealkylation sites (tertiary alicyclic amines) is 1. The summed E-state index contributed by atoms with van der Waals surface area (Å²) in [6.45, 7) is 2.49. The minimum absolute atomic E-state index is 0.0434. The lowest BCUT2D eigenvalue weighted by Crippen LogP contribution is -2.39. The highest BCUT2D eigenvalue weighted by Gasteiger charge is 2.28. The molecular weight excluding hydrogens is 342 g/mol.